The lowest BCUT2D eigenvalue weighted by Crippen LogP contribution is -2.58. The molecule has 22 heavy (non-hydrogen) atoms. The van der Waals surface area contributed by atoms with Gasteiger partial charge in [0.05, 0.1) is 6.54 Å². The smallest absolute Gasteiger partial charge is 0.292 e. The van der Waals surface area contributed by atoms with E-state index >= 15 is 0 Å². The second-order valence-electron chi connectivity index (χ2n) is 6.77. The van der Waals surface area contributed by atoms with Gasteiger partial charge in [0.15, 0.2) is 0 Å². The summed E-state index contributed by atoms with van der Waals surface area (Å²) in [6, 6.07) is 11.2. The minimum atomic E-state index is -0.223. The number of hydrogen-bond acceptors (Lipinski definition) is 3. The third kappa shape index (κ3) is 2.29. The van der Waals surface area contributed by atoms with Gasteiger partial charge in [-0.1, -0.05) is 49.6 Å². The summed E-state index contributed by atoms with van der Waals surface area (Å²) in [5.41, 5.74) is 1.60. The molecule has 2 aromatic rings. The molecule has 2 heterocycles. The summed E-state index contributed by atoms with van der Waals surface area (Å²) >= 11 is 0. The van der Waals surface area contributed by atoms with Crippen LogP contribution in [0.3, 0.4) is 0 Å². The number of H-pyrrole nitrogens is 2. The quantitative estimate of drug-likeness (QED) is 0.915. The van der Waals surface area contributed by atoms with Gasteiger partial charge < -0.3 is 0 Å². The van der Waals surface area contributed by atoms with Crippen molar-refractivity contribution in [1.29, 1.82) is 0 Å². The number of hydrogen-bond donors (Lipinski definition) is 2. The van der Waals surface area contributed by atoms with Crippen LogP contribution in [0.5, 0.6) is 0 Å². The predicted octanol–water partition coefficient (Wildman–Crippen LogP) is 2.61. The maximum Gasteiger partial charge on any atom is 0.340 e. The molecule has 116 valence electrons. The molecular formula is C17H22N4O. The van der Waals surface area contributed by atoms with Gasteiger partial charge in [-0.05, 0) is 18.4 Å². The highest BCUT2D eigenvalue weighted by atomic mass is 16.1. The minimum Gasteiger partial charge on any atom is -0.292 e. The Hall–Kier alpha value is -1.88. The normalized spacial score (nSPS) is 24.3. The summed E-state index contributed by atoms with van der Waals surface area (Å²) in [7, 11) is 0. The first-order valence-electron chi connectivity index (χ1n) is 8.19. The van der Waals surface area contributed by atoms with Crippen LogP contribution in [0.2, 0.25) is 0 Å². The van der Waals surface area contributed by atoms with Crippen molar-refractivity contribution in [3.63, 3.8) is 0 Å². The molecule has 0 bridgehead atoms. The number of aromatic amines is 2. The third-order valence-corrected chi connectivity index (χ3v) is 5.33. The minimum absolute atomic E-state index is 0.223. The summed E-state index contributed by atoms with van der Waals surface area (Å²) in [4.78, 5) is 16.5. The average molecular weight is 298 g/mol. The maximum atomic E-state index is 11.2. The lowest BCUT2D eigenvalue weighted by Gasteiger charge is -2.59. The van der Waals surface area contributed by atoms with E-state index < -0.39 is 0 Å². The van der Waals surface area contributed by atoms with Gasteiger partial charge in [-0.15, -0.1) is 0 Å². The number of nitrogens with zero attached hydrogens (tertiary/aromatic N) is 2. The van der Waals surface area contributed by atoms with Crippen LogP contribution < -0.4 is 5.69 Å². The van der Waals surface area contributed by atoms with Crippen molar-refractivity contribution < 1.29 is 0 Å². The molecule has 4 rings (SSSR count). The SMILES string of the molecule is O=c1[nH]nc(CN2CC3(CCCCC3)[C@H]2c2ccccc2)[nH]1. The molecule has 2 N–H and O–H groups in total. The van der Waals surface area contributed by atoms with Crippen LogP contribution in [0.4, 0.5) is 0 Å². The summed E-state index contributed by atoms with van der Waals surface area (Å²) in [6.07, 6.45) is 6.70. The molecular weight excluding hydrogens is 276 g/mol. The largest absolute Gasteiger partial charge is 0.340 e. The van der Waals surface area contributed by atoms with Gasteiger partial charge in [0, 0.05) is 18.0 Å². The molecule has 2 fully saturated rings. The Balaban J connectivity index is 1.60. The molecule has 1 saturated heterocycles. The molecule has 1 aromatic heterocycles. The lowest BCUT2D eigenvalue weighted by molar-refractivity contribution is -0.107. The van der Waals surface area contributed by atoms with E-state index in [2.05, 4.69) is 50.4 Å². The zero-order valence-electron chi connectivity index (χ0n) is 12.7. The monoisotopic (exact) mass is 298 g/mol. The average Bonchev–Trinajstić information content (AvgIpc) is 2.94. The highest BCUT2D eigenvalue weighted by Crippen LogP contribution is 2.57. The number of benzene rings is 1. The zero-order valence-corrected chi connectivity index (χ0v) is 12.7. The van der Waals surface area contributed by atoms with Crippen molar-refractivity contribution in [1.82, 2.24) is 20.1 Å². The van der Waals surface area contributed by atoms with Crippen LogP contribution >= 0.6 is 0 Å². The van der Waals surface area contributed by atoms with Gasteiger partial charge in [-0.3, -0.25) is 9.88 Å². The predicted molar refractivity (Wildman–Crippen MR) is 84.3 cm³/mol. The maximum absolute atomic E-state index is 11.2. The highest BCUT2D eigenvalue weighted by molar-refractivity contribution is 5.26. The molecule has 2 aliphatic rings. The Morgan fingerprint density at radius 2 is 1.95 bits per heavy atom. The van der Waals surface area contributed by atoms with Crippen molar-refractivity contribution in [2.45, 2.75) is 44.7 Å². The topological polar surface area (TPSA) is 64.8 Å². The van der Waals surface area contributed by atoms with Crippen LogP contribution in [0.25, 0.3) is 0 Å². The molecule has 0 radical (unpaired) electrons. The van der Waals surface area contributed by atoms with E-state index in [0.29, 0.717) is 18.0 Å². The Morgan fingerprint density at radius 3 is 2.64 bits per heavy atom. The van der Waals surface area contributed by atoms with E-state index in [9.17, 15) is 4.79 Å². The van der Waals surface area contributed by atoms with Crippen molar-refractivity contribution in [3.8, 4) is 0 Å². The van der Waals surface area contributed by atoms with Crippen molar-refractivity contribution in [2.24, 2.45) is 5.41 Å². The molecule has 1 aliphatic heterocycles. The Kier molecular flexibility index (Phi) is 3.37. The van der Waals surface area contributed by atoms with Gasteiger partial charge in [0.25, 0.3) is 0 Å². The summed E-state index contributed by atoms with van der Waals surface area (Å²) in [6.45, 7) is 1.82. The Morgan fingerprint density at radius 1 is 1.18 bits per heavy atom. The first-order valence-corrected chi connectivity index (χ1v) is 8.19. The van der Waals surface area contributed by atoms with Crippen LogP contribution in [-0.2, 0) is 6.54 Å². The molecule has 1 saturated carbocycles. The van der Waals surface area contributed by atoms with E-state index in [1.807, 2.05) is 0 Å². The van der Waals surface area contributed by atoms with Crippen LogP contribution in [0.15, 0.2) is 35.1 Å². The van der Waals surface area contributed by atoms with Crippen LogP contribution in [0, 0.1) is 5.41 Å². The highest BCUT2D eigenvalue weighted by Gasteiger charge is 2.52. The van der Waals surface area contributed by atoms with Gasteiger partial charge in [0.1, 0.15) is 5.82 Å². The Labute approximate surface area is 129 Å². The standard InChI is InChI=1S/C17H22N4O/c22-16-18-14(19-20-16)11-21-12-17(9-5-2-6-10-17)15(21)13-7-3-1-4-8-13/h1,3-4,7-8,15H,2,5-6,9-12H2,(H2,18,19,20,22)/t15-/m1/s1. The van der Waals surface area contributed by atoms with E-state index in [1.54, 1.807) is 0 Å². The Bertz CT molecular complexity index is 684. The van der Waals surface area contributed by atoms with Gasteiger partial charge in [-0.2, -0.15) is 5.10 Å². The fourth-order valence-corrected chi connectivity index (χ4v) is 4.46. The molecule has 0 unspecified atom stereocenters. The van der Waals surface area contributed by atoms with E-state index in [1.165, 1.54) is 37.7 Å². The second kappa shape index (κ2) is 5.39. The summed E-state index contributed by atoms with van der Waals surface area (Å²) in [5, 5.41) is 6.52. The summed E-state index contributed by atoms with van der Waals surface area (Å²) in [5.74, 6) is 0.733. The van der Waals surface area contributed by atoms with Gasteiger partial charge in [0.2, 0.25) is 0 Å². The van der Waals surface area contributed by atoms with Crippen molar-refractivity contribution >= 4 is 0 Å². The van der Waals surface area contributed by atoms with Gasteiger partial charge in [-0.25, -0.2) is 9.89 Å². The van der Waals surface area contributed by atoms with E-state index in [-0.39, 0.29) is 5.69 Å². The van der Waals surface area contributed by atoms with Crippen LogP contribution in [0.1, 0.15) is 49.5 Å². The molecule has 1 aromatic carbocycles. The molecule has 5 heteroatoms. The van der Waals surface area contributed by atoms with Gasteiger partial charge >= 0.3 is 5.69 Å². The number of likely N-dealkylation sites (tertiary alicyclic amines) is 1. The molecule has 1 atom stereocenters. The number of nitrogens with one attached hydrogen (secondary N) is 2. The third-order valence-electron chi connectivity index (χ3n) is 5.33. The van der Waals surface area contributed by atoms with Crippen LogP contribution in [-0.4, -0.2) is 26.6 Å². The first kappa shape index (κ1) is 13.8. The first-order chi connectivity index (χ1) is 10.8. The number of rotatable bonds is 3. The lowest BCUT2D eigenvalue weighted by atomic mass is 9.61. The van der Waals surface area contributed by atoms with E-state index in [4.69, 9.17) is 0 Å². The van der Waals surface area contributed by atoms with E-state index in [0.717, 1.165) is 12.4 Å². The fourth-order valence-electron chi connectivity index (χ4n) is 4.46. The molecule has 5 nitrogen and oxygen atoms in total. The van der Waals surface area contributed by atoms with Crippen molar-refractivity contribution in [3.05, 3.63) is 52.2 Å². The molecule has 1 aliphatic carbocycles. The van der Waals surface area contributed by atoms with Crippen molar-refractivity contribution in [2.75, 3.05) is 6.54 Å². The zero-order chi connectivity index (χ0) is 15.0. The molecule has 1 spiro atoms. The summed E-state index contributed by atoms with van der Waals surface area (Å²) < 4.78 is 0. The fraction of sp³-hybridized carbons (Fsp3) is 0.529. The number of aromatic nitrogens is 3. The molecule has 0 amide bonds. The second-order valence-corrected chi connectivity index (χ2v) is 6.77.